The molecule has 1 aromatic rings. The largest absolute Gasteiger partial charge is 0.486 e. The van der Waals surface area contributed by atoms with Crippen LogP contribution >= 0.6 is 0 Å². The van der Waals surface area contributed by atoms with Crippen LogP contribution in [0.25, 0.3) is 0 Å². The number of likely N-dealkylation sites (N-methyl/N-ethyl adjacent to an activating group) is 1. The van der Waals surface area contributed by atoms with Crippen LogP contribution in [-0.4, -0.2) is 84.6 Å². The highest BCUT2D eigenvalue weighted by atomic mass is 19.1. The normalized spacial score (nSPS) is 23.3. The number of carbonyl (C=O) groups excluding carboxylic acids is 2. The lowest BCUT2D eigenvalue weighted by Crippen LogP contribution is -2.53. The molecule has 0 unspecified atom stereocenters. The molecule has 176 valence electrons. The average Bonchev–Trinajstić information content (AvgIpc) is 2.82. The summed E-state index contributed by atoms with van der Waals surface area (Å²) in [5.41, 5.74) is 0.990. The number of ether oxygens (including phenoxy) is 1. The van der Waals surface area contributed by atoms with Crippen molar-refractivity contribution in [2.24, 2.45) is 11.0 Å². The Balaban J connectivity index is 1.12. The molecule has 7 nitrogen and oxygen atoms in total. The summed E-state index contributed by atoms with van der Waals surface area (Å²) in [4.78, 5) is 30.1. The highest BCUT2D eigenvalue weighted by Crippen LogP contribution is 2.40. The first-order chi connectivity index (χ1) is 15.9. The fraction of sp³-hybridized carbons (Fsp3) is 0.560. The molecule has 0 aliphatic carbocycles. The molecule has 4 aliphatic rings. The Kier molecular flexibility index (Phi) is 5.95. The van der Waals surface area contributed by atoms with Crippen molar-refractivity contribution in [3.8, 4) is 5.75 Å². The molecular formula is C25H31FN4O3. The van der Waals surface area contributed by atoms with Gasteiger partial charge in [0.1, 0.15) is 17.2 Å². The second kappa shape index (κ2) is 8.89. The first-order valence-corrected chi connectivity index (χ1v) is 11.9. The summed E-state index contributed by atoms with van der Waals surface area (Å²) < 4.78 is 19.7. The van der Waals surface area contributed by atoms with Gasteiger partial charge in [-0.25, -0.2) is 4.39 Å². The van der Waals surface area contributed by atoms with Gasteiger partial charge in [-0.1, -0.05) is 6.08 Å². The highest BCUT2D eigenvalue weighted by molar-refractivity contribution is 6.00. The molecule has 8 heteroatoms. The molecule has 0 saturated carbocycles. The predicted octanol–water partition coefficient (Wildman–Crippen LogP) is 2.72. The van der Waals surface area contributed by atoms with E-state index in [1.54, 1.807) is 6.07 Å². The quantitative estimate of drug-likeness (QED) is 0.703. The van der Waals surface area contributed by atoms with Crippen LogP contribution in [0, 0.1) is 11.7 Å². The first-order valence-electron chi connectivity index (χ1n) is 11.9. The standard InChI is InChI=1S/C25H31FN4O3/c1-28-9-4-18(16-27-28)17-29-10-5-19(6-11-29)24(32)30-12-7-25(8-13-30)15-22(31)21-14-20(26)2-3-23(21)33-25/h2-4,14,16,19H,5-13,15,17H2,1H3. The second-order valence-electron chi connectivity index (χ2n) is 9.77. The maximum atomic E-state index is 13.5. The highest BCUT2D eigenvalue weighted by Gasteiger charge is 2.44. The van der Waals surface area contributed by atoms with Gasteiger partial charge in [-0.05, 0) is 49.7 Å². The van der Waals surface area contributed by atoms with Crippen molar-refractivity contribution >= 4 is 17.9 Å². The number of piperidine rings is 2. The number of Topliss-reactive ketones (excluding diaryl/α,β-unsaturated/α-hetero) is 1. The van der Waals surface area contributed by atoms with E-state index >= 15 is 0 Å². The Hall–Kier alpha value is -2.74. The fourth-order valence-corrected chi connectivity index (χ4v) is 5.36. The number of hydrogen-bond donors (Lipinski definition) is 0. The molecule has 0 atom stereocenters. The molecule has 5 rings (SSSR count). The maximum Gasteiger partial charge on any atom is 0.225 e. The van der Waals surface area contributed by atoms with Crippen molar-refractivity contribution in [3.63, 3.8) is 0 Å². The SMILES string of the molecule is CN1CC=C(CN2CCC(C(=O)N3CCC4(CC3)CC(=O)c3cc(F)ccc3O4)CC2)C=N1. The van der Waals surface area contributed by atoms with E-state index in [-0.39, 0.29) is 24.0 Å². The monoisotopic (exact) mass is 454 g/mol. The van der Waals surface area contributed by atoms with Crippen molar-refractivity contribution in [2.45, 2.75) is 37.7 Å². The minimum atomic E-state index is -0.578. The Morgan fingerprint density at radius 1 is 1.21 bits per heavy atom. The Bertz CT molecular complexity index is 991. The van der Waals surface area contributed by atoms with E-state index in [1.165, 1.54) is 17.7 Å². The van der Waals surface area contributed by atoms with Crippen LogP contribution in [0.3, 0.4) is 0 Å². The number of hydrogen-bond acceptors (Lipinski definition) is 6. The van der Waals surface area contributed by atoms with Gasteiger partial charge in [-0.15, -0.1) is 0 Å². The van der Waals surface area contributed by atoms with Gasteiger partial charge in [-0.3, -0.25) is 19.5 Å². The van der Waals surface area contributed by atoms with Gasteiger partial charge in [0.05, 0.1) is 24.7 Å². The van der Waals surface area contributed by atoms with Gasteiger partial charge in [0.25, 0.3) is 0 Å². The average molecular weight is 455 g/mol. The molecule has 4 heterocycles. The van der Waals surface area contributed by atoms with Crippen molar-refractivity contribution in [1.82, 2.24) is 14.8 Å². The lowest BCUT2D eigenvalue weighted by molar-refractivity contribution is -0.140. The maximum absolute atomic E-state index is 13.5. The zero-order chi connectivity index (χ0) is 23.0. The van der Waals surface area contributed by atoms with E-state index in [9.17, 15) is 14.0 Å². The number of hydrazone groups is 1. The minimum absolute atomic E-state index is 0.0630. The first kappa shape index (κ1) is 22.1. The van der Waals surface area contributed by atoms with Crippen LogP contribution in [0.4, 0.5) is 4.39 Å². The van der Waals surface area contributed by atoms with E-state index in [0.29, 0.717) is 37.2 Å². The third-order valence-corrected chi connectivity index (χ3v) is 7.42. The third kappa shape index (κ3) is 4.67. The van der Waals surface area contributed by atoms with Crippen LogP contribution in [0.15, 0.2) is 34.9 Å². The van der Waals surface area contributed by atoms with Crippen molar-refractivity contribution < 1.29 is 18.7 Å². The summed E-state index contributed by atoms with van der Waals surface area (Å²) in [6.45, 7) is 4.76. The summed E-state index contributed by atoms with van der Waals surface area (Å²) in [7, 11) is 1.96. The number of carbonyl (C=O) groups is 2. The second-order valence-corrected chi connectivity index (χ2v) is 9.77. The Morgan fingerprint density at radius 3 is 2.67 bits per heavy atom. The molecule has 1 aromatic carbocycles. The molecule has 0 N–H and O–H groups in total. The Morgan fingerprint density at radius 2 is 1.97 bits per heavy atom. The minimum Gasteiger partial charge on any atom is -0.486 e. The van der Waals surface area contributed by atoms with E-state index in [2.05, 4.69) is 16.1 Å². The van der Waals surface area contributed by atoms with Crippen LogP contribution in [0.1, 0.15) is 42.5 Å². The number of likely N-dealkylation sites (tertiary alicyclic amines) is 2. The summed E-state index contributed by atoms with van der Waals surface area (Å²) in [6.07, 6.45) is 7.39. The van der Waals surface area contributed by atoms with Gasteiger partial charge in [0.15, 0.2) is 5.78 Å². The van der Waals surface area contributed by atoms with Crippen LogP contribution in [0.2, 0.25) is 0 Å². The van der Waals surface area contributed by atoms with Crippen LogP contribution in [-0.2, 0) is 4.79 Å². The van der Waals surface area contributed by atoms with E-state index < -0.39 is 11.4 Å². The molecular weight excluding hydrogens is 423 g/mol. The third-order valence-electron chi connectivity index (χ3n) is 7.42. The lowest BCUT2D eigenvalue weighted by Gasteiger charge is -2.45. The zero-order valence-corrected chi connectivity index (χ0v) is 19.1. The number of halogens is 1. The van der Waals surface area contributed by atoms with Gasteiger partial charge >= 0.3 is 0 Å². The van der Waals surface area contributed by atoms with Gasteiger partial charge < -0.3 is 9.64 Å². The number of nitrogens with zero attached hydrogens (tertiary/aromatic N) is 4. The van der Waals surface area contributed by atoms with E-state index in [1.807, 2.05) is 23.2 Å². The topological polar surface area (TPSA) is 65.5 Å². The predicted molar refractivity (Wildman–Crippen MR) is 123 cm³/mol. The molecule has 0 bridgehead atoms. The molecule has 4 aliphatic heterocycles. The molecule has 0 radical (unpaired) electrons. The number of benzene rings is 1. The van der Waals surface area contributed by atoms with Crippen LogP contribution < -0.4 is 4.74 Å². The molecule has 1 spiro atoms. The summed E-state index contributed by atoms with van der Waals surface area (Å²) in [5.74, 6) is 0.253. The van der Waals surface area contributed by atoms with E-state index in [0.717, 1.165) is 39.0 Å². The molecule has 1 amide bonds. The molecule has 2 saturated heterocycles. The summed E-state index contributed by atoms with van der Waals surface area (Å²) in [5, 5.41) is 6.25. The number of ketones is 1. The summed E-state index contributed by atoms with van der Waals surface area (Å²) >= 11 is 0. The molecule has 0 aromatic heterocycles. The lowest BCUT2D eigenvalue weighted by atomic mass is 9.82. The van der Waals surface area contributed by atoms with Gasteiger partial charge in [0, 0.05) is 45.4 Å². The van der Waals surface area contributed by atoms with Gasteiger partial charge in [-0.2, -0.15) is 5.10 Å². The number of amides is 1. The number of fused-ring (bicyclic) bond motifs is 1. The fourth-order valence-electron chi connectivity index (χ4n) is 5.36. The van der Waals surface area contributed by atoms with E-state index in [4.69, 9.17) is 4.74 Å². The molecule has 33 heavy (non-hydrogen) atoms. The van der Waals surface area contributed by atoms with Gasteiger partial charge in [0.2, 0.25) is 5.91 Å². The zero-order valence-electron chi connectivity index (χ0n) is 19.1. The summed E-state index contributed by atoms with van der Waals surface area (Å²) in [6, 6.07) is 4.13. The smallest absolute Gasteiger partial charge is 0.225 e. The van der Waals surface area contributed by atoms with Crippen molar-refractivity contribution in [1.29, 1.82) is 0 Å². The Labute approximate surface area is 193 Å². The van der Waals surface area contributed by atoms with Crippen molar-refractivity contribution in [2.75, 3.05) is 46.3 Å². The van der Waals surface area contributed by atoms with Crippen LogP contribution in [0.5, 0.6) is 5.75 Å². The van der Waals surface area contributed by atoms with Crippen molar-refractivity contribution in [3.05, 3.63) is 41.2 Å². The number of rotatable bonds is 3. The molecule has 2 fully saturated rings.